The Hall–Kier alpha value is -2.67. The molecule has 2 aromatic carbocycles. The number of amides is 1. The highest BCUT2D eigenvalue weighted by atomic mass is 35.5. The number of halogens is 1. The zero-order valence-electron chi connectivity index (χ0n) is 19.8. The maximum absolute atomic E-state index is 13.4. The fraction of sp³-hybridized carbons (Fsp3) is 0.407. The van der Waals surface area contributed by atoms with Crippen molar-refractivity contribution in [1.29, 1.82) is 0 Å². The lowest BCUT2D eigenvalue weighted by atomic mass is 10.0. The number of carbonyl (C=O) groups excluding carboxylic acids is 1. The highest BCUT2D eigenvalue weighted by molar-refractivity contribution is 6.31. The predicted molar refractivity (Wildman–Crippen MR) is 134 cm³/mol. The molecule has 1 saturated heterocycles. The minimum Gasteiger partial charge on any atom is -0.379 e. The van der Waals surface area contributed by atoms with Gasteiger partial charge in [-0.15, -0.1) is 0 Å². The summed E-state index contributed by atoms with van der Waals surface area (Å²) < 4.78 is 7.45. The Morgan fingerprint density at radius 3 is 2.68 bits per heavy atom. The summed E-state index contributed by atoms with van der Waals surface area (Å²) >= 11 is 6.37. The van der Waals surface area contributed by atoms with Gasteiger partial charge in [0.1, 0.15) is 0 Å². The van der Waals surface area contributed by atoms with Crippen molar-refractivity contribution >= 4 is 17.5 Å². The Morgan fingerprint density at radius 1 is 1.18 bits per heavy atom. The lowest BCUT2D eigenvalue weighted by molar-refractivity contribution is 0.0162. The van der Waals surface area contributed by atoms with E-state index in [0.717, 1.165) is 42.9 Å². The van der Waals surface area contributed by atoms with E-state index in [1.54, 1.807) is 6.20 Å². The maximum atomic E-state index is 13.4. The largest absolute Gasteiger partial charge is 0.379 e. The van der Waals surface area contributed by atoms with Gasteiger partial charge in [0.2, 0.25) is 0 Å². The molecule has 2 fully saturated rings. The Kier molecular flexibility index (Phi) is 6.73. The van der Waals surface area contributed by atoms with Crippen LogP contribution in [0.3, 0.4) is 0 Å². The Labute approximate surface area is 205 Å². The summed E-state index contributed by atoms with van der Waals surface area (Å²) in [5.41, 5.74) is 5.99. The Bertz CT molecular complexity index is 1180. The number of morpholine rings is 1. The molecular formula is C27H31ClN4O2. The molecule has 1 N–H and O–H groups in total. The van der Waals surface area contributed by atoms with E-state index in [1.165, 1.54) is 11.1 Å². The molecular weight excluding hydrogens is 448 g/mol. The number of ether oxygens (including phenoxy) is 1. The summed E-state index contributed by atoms with van der Waals surface area (Å²) in [5.74, 6) is 0.285. The van der Waals surface area contributed by atoms with Gasteiger partial charge >= 0.3 is 0 Å². The number of rotatable bonds is 7. The smallest absolute Gasteiger partial charge is 0.254 e. The molecule has 2 heterocycles. The summed E-state index contributed by atoms with van der Waals surface area (Å²) in [6, 6.07) is 14.6. The third-order valence-corrected chi connectivity index (χ3v) is 7.19. The van der Waals surface area contributed by atoms with E-state index in [1.807, 2.05) is 29.8 Å². The summed E-state index contributed by atoms with van der Waals surface area (Å²) in [4.78, 5) is 15.8. The van der Waals surface area contributed by atoms with Crippen molar-refractivity contribution in [2.45, 2.75) is 38.6 Å². The van der Waals surface area contributed by atoms with Crippen LogP contribution < -0.4 is 5.32 Å². The molecule has 7 heteroatoms. The van der Waals surface area contributed by atoms with Gasteiger partial charge in [-0.2, -0.15) is 5.10 Å². The number of carbonyl (C=O) groups is 1. The number of aryl methyl sites for hydroxylation is 2. The second kappa shape index (κ2) is 9.90. The van der Waals surface area contributed by atoms with E-state index in [0.29, 0.717) is 36.3 Å². The van der Waals surface area contributed by atoms with E-state index >= 15 is 0 Å². The van der Waals surface area contributed by atoms with Gasteiger partial charge in [0.25, 0.3) is 5.91 Å². The van der Waals surface area contributed by atoms with Gasteiger partial charge in [0.15, 0.2) is 0 Å². The maximum Gasteiger partial charge on any atom is 0.254 e. The average Bonchev–Trinajstić information content (AvgIpc) is 3.59. The van der Waals surface area contributed by atoms with Crippen molar-refractivity contribution in [1.82, 2.24) is 20.0 Å². The third-order valence-electron chi connectivity index (χ3n) is 6.78. The first-order valence-electron chi connectivity index (χ1n) is 12.0. The zero-order chi connectivity index (χ0) is 23.7. The standard InChI is InChI=1S/C27H31ClN4O2/c1-18-4-3-5-21(14-18)25(31-10-12-34-13-11-31)17-29-27(33)23-16-30-32(26(23)20-7-8-20)22-9-6-19(2)24(28)15-22/h3-6,9,14-16,20,25H,7-8,10-13,17H2,1-2H3,(H,29,33). The highest BCUT2D eigenvalue weighted by Crippen LogP contribution is 2.42. The number of benzene rings is 2. The molecule has 0 radical (unpaired) electrons. The van der Waals surface area contributed by atoms with Gasteiger partial charge in [-0.1, -0.05) is 47.5 Å². The van der Waals surface area contributed by atoms with Gasteiger partial charge < -0.3 is 10.1 Å². The average molecular weight is 479 g/mol. The molecule has 1 unspecified atom stereocenters. The second-order valence-electron chi connectivity index (χ2n) is 9.35. The lowest BCUT2D eigenvalue weighted by Crippen LogP contribution is -2.43. The van der Waals surface area contributed by atoms with Crippen molar-refractivity contribution in [3.63, 3.8) is 0 Å². The van der Waals surface area contributed by atoms with Crippen molar-refractivity contribution in [3.8, 4) is 5.69 Å². The van der Waals surface area contributed by atoms with Gasteiger partial charge in [-0.3, -0.25) is 9.69 Å². The molecule has 5 rings (SSSR count). The van der Waals surface area contributed by atoms with E-state index in [9.17, 15) is 4.79 Å². The molecule has 34 heavy (non-hydrogen) atoms. The van der Waals surface area contributed by atoms with Crippen LogP contribution in [0.1, 0.15) is 57.5 Å². The van der Waals surface area contributed by atoms with Crippen LogP contribution in [-0.2, 0) is 4.74 Å². The number of nitrogens with one attached hydrogen (secondary N) is 1. The predicted octanol–water partition coefficient (Wildman–Crippen LogP) is 4.82. The summed E-state index contributed by atoms with van der Waals surface area (Å²) in [7, 11) is 0. The molecule has 0 spiro atoms. The van der Waals surface area contributed by atoms with Crippen LogP contribution in [0, 0.1) is 13.8 Å². The van der Waals surface area contributed by atoms with E-state index in [-0.39, 0.29) is 11.9 Å². The van der Waals surface area contributed by atoms with Crippen LogP contribution in [0.25, 0.3) is 5.69 Å². The molecule has 1 aromatic heterocycles. The normalized spacial score (nSPS) is 17.5. The van der Waals surface area contributed by atoms with E-state index < -0.39 is 0 Å². The Balaban J connectivity index is 1.39. The van der Waals surface area contributed by atoms with Gasteiger partial charge in [-0.05, 0) is 49.9 Å². The van der Waals surface area contributed by atoms with Crippen molar-refractivity contribution in [3.05, 3.63) is 81.6 Å². The minimum atomic E-state index is -0.0720. The number of hydrogen-bond donors (Lipinski definition) is 1. The summed E-state index contributed by atoms with van der Waals surface area (Å²) in [5, 5.41) is 8.52. The van der Waals surface area contributed by atoms with Crippen LogP contribution in [-0.4, -0.2) is 53.4 Å². The quantitative estimate of drug-likeness (QED) is 0.528. The molecule has 1 amide bonds. The molecule has 1 saturated carbocycles. The van der Waals surface area contributed by atoms with Crippen molar-refractivity contribution in [2.24, 2.45) is 0 Å². The SMILES string of the molecule is Cc1cccc(C(CNC(=O)c2cnn(-c3ccc(C)c(Cl)c3)c2C2CC2)N2CCOCC2)c1. The van der Waals surface area contributed by atoms with E-state index in [4.69, 9.17) is 16.3 Å². The monoisotopic (exact) mass is 478 g/mol. The lowest BCUT2D eigenvalue weighted by Gasteiger charge is -2.35. The van der Waals surface area contributed by atoms with E-state index in [2.05, 4.69) is 46.5 Å². The summed E-state index contributed by atoms with van der Waals surface area (Å²) in [6.07, 6.45) is 3.85. The second-order valence-corrected chi connectivity index (χ2v) is 9.76. The molecule has 1 atom stereocenters. The van der Waals surface area contributed by atoms with Crippen LogP contribution >= 0.6 is 11.6 Å². The first-order chi connectivity index (χ1) is 16.5. The van der Waals surface area contributed by atoms with Gasteiger partial charge in [0.05, 0.1) is 42.4 Å². The molecule has 178 valence electrons. The molecule has 6 nitrogen and oxygen atoms in total. The minimum absolute atomic E-state index is 0.0720. The first-order valence-corrected chi connectivity index (χ1v) is 12.4. The van der Waals surface area contributed by atoms with Crippen LogP contribution in [0.5, 0.6) is 0 Å². The number of aromatic nitrogens is 2. The fourth-order valence-corrected chi connectivity index (χ4v) is 4.89. The molecule has 2 aliphatic rings. The van der Waals surface area contributed by atoms with Crippen LogP contribution in [0.2, 0.25) is 5.02 Å². The molecule has 0 bridgehead atoms. The number of nitrogens with zero attached hydrogens (tertiary/aromatic N) is 3. The van der Waals surface area contributed by atoms with Crippen LogP contribution in [0.15, 0.2) is 48.7 Å². The first kappa shape index (κ1) is 23.1. The van der Waals surface area contributed by atoms with Crippen molar-refractivity contribution in [2.75, 3.05) is 32.8 Å². The third kappa shape index (κ3) is 4.90. The topological polar surface area (TPSA) is 59.4 Å². The number of hydrogen-bond acceptors (Lipinski definition) is 4. The van der Waals surface area contributed by atoms with Gasteiger partial charge in [0, 0.05) is 30.6 Å². The van der Waals surface area contributed by atoms with Gasteiger partial charge in [-0.25, -0.2) is 4.68 Å². The zero-order valence-corrected chi connectivity index (χ0v) is 20.5. The molecule has 3 aromatic rings. The Morgan fingerprint density at radius 2 is 1.97 bits per heavy atom. The summed E-state index contributed by atoms with van der Waals surface area (Å²) in [6.45, 7) is 7.76. The molecule has 1 aliphatic carbocycles. The van der Waals surface area contributed by atoms with Crippen molar-refractivity contribution < 1.29 is 9.53 Å². The highest BCUT2D eigenvalue weighted by Gasteiger charge is 2.33. The van der Waals surface area contributed by atoms with Crippen LogP contribution in [0.4, 0.5) is 0 Å². The molecule has 1 aliphatic heterocycles. The fourth-order valence-electron chi connectivity index (χ4n) is 4.71.